The molecule has 0 aliphatic carbocycles. The summed E-state index contributed by atoms with van der Waals surface area (Å²) in [4.78, 5) is 4.42. The number of aryl methyl sites for hydroxylation is 2. The Morgan fingerprint density at radius 1 is 1.41 bits per heavy atom. The topological polar surface area (TPSA) is 39.9 Å². The lowest BCUT2D eigenvalue weighted by Crippen LogP contribution is -1.99. The number of nitrogens with zero attached hydrogens (tertiary/aromatic N) is 3. The van der Waals surface area contributed by atoms with Crippen LogP contribution in [0.1, 0.15) is 17.0 Å². The maximum atomic E-state index is 5.74. The van der Waals surface area contributed by atoms with E-state index in [2.05, 4.69) is 26.0 Å². The molecule has 0 fully saturated rings. The standard InChI is InChI=1S/C12H14BrN3O/c1-9-3-4-12(11(5-13)15-9)17-8-10-6-14-16(2)7-10/h3-4,6-7H,5,8H2,1-2H3. The van der Waals surface area contributed by atoms with Crippen LogP contribution in [0.25, 0.3) is 0 Å². The van der Waals surface area contributed by atoms with Crippen molar-refractivity contribution in [3.05, 3.63) is 41.5 Å². The molecule has 0 saturated carbocycles. The highest BCUT2D eigenvalue weighted by atomic mass is 79.9. The first-order valence-electron chi connectivity index (χ1n) is 5.32. The summed E-state index contributed by atoms with van der Waals surface area (Å²) in [5.41, 5.74) is 2.97. The first kappa shape index (κ1) is 12.1. The monoisotopic (exact) mass is 295 g/mol. The van der Waals surface area contributed by atoms with E-state index in [0.29, 0.717) is 11.9 Å². The average molecular weight is 296 g/mol. The Morgan fingerprint density at radius 2 is 2.24 bits per heavy atom. The fourth-order valence-corrected chi connectivity index (χ4v) is 1.93. The van der Waals surface area contributed by atoms with Gasteiger partial charge in [0.15, 0.2) is 0 Å². The van der Waals surface area contributed by atoms with Crippen LogP contribution in [0.2, 0.25) is 0 Å². The van der Waals surface area contributed by atoms with Gasteiger partial charge >= 0.3 is 0 Å². The van der Waals surface area contributed by atoms with Crippen molar-refractivity contribution in [2.75, 3.05) is 0 Å². The summed E-state index contributed by atoms with van der Waals surface area (Å²) in [5.74, 6) is 0.816. The molecule has 0 spiro atoms. The SMILES string of the molecule is Cc1ccc(OCc2cnn(C)c2)c(CBr)n1. The van der Waals surface area contributed by atoms with Gasteiger partial charge in [-0.05, 0) is 19.1 Å². The van der Waals surface area contributed by atoms with Gasteiger partial charge in [-0.3, -0.25) is 9.67 Å². The van der Waals surface area contributed by atoms with Crippen molar-refractivity contribution in [3.8, 4) is 5.75 Å². The fourth-order valence-electron chi connectivity index (χ4n) is 1.53. The third-order valence-corrected chi connectivity index (χ3v) is 2.88. The highest BCUT2D eigenvalue weighted by molar-refractivity contribution is 9.08. The molecule has 4 nitrogen and oxygen atoms in total. The zero-order chi connectivity index (χ0) is 12.3. The predicted octanol–water partition coefficient (Wildman–Crippen LogP) is 2.60. The lowest BCUT2D eigenvalue weighted by atomic mass is 10.3. The average Bonchev–Trinajstić information content (AvgIpc) is 2.73. The quantitative estimate of drug-likeness (QED) is 0.814. The second kappa shape index (κ2) is 5.31. The fraction of sp³-hybridized carbons (Fsp3) is 0.333. The molecule has 0 aliphatic heterocycles. The van der Waals surface area contributed by atoms with Crippen LogP contribution in [0.3, 0.4) is 0 Å². The van der Waals surface area contributed by atoms with Crippen LogP contribution in [-0.2, 0) is 19.0 Å². The van der Waals surface area contributed by atoms with E-state index >= 15 is 0 Å². The van der Waals surface area contributed by atoms with Gasteiger partial charge in [0, 0.05) is 29.8 Å². The Morgan fingerprint density at radius 3 is 2.88 bits per heavy atom. The Bertz CT molecular complexity index is 510. The molecule has 2 aromatic heterocycles. The third-order valence-electron chi connectivity index (χ3n) is 2.35. The Kier molecular flexibility index (Phi) is 3.78. The molecule has 0 amide bonds. The number of aromatic nitrogens is 3. The van der Waals surface area contributed by atoms with Gasteiger partial charge in [-0.2, -0.15) is 5.10 Å². The minimum absolute atomic E-state index is 0.512. The predicted molar refractivity (Wildman–Crippen MR) is 69.1 cm³/mol. The third kappa shape index (κ3) is 3.06. The molecule has 2 heterocycles. The first-order valence-corrected chi connectivity index (χ1v) is 6.44. The second-order valence-electron chi connectivity index (χ2n) is 3.84. The van der Waals surface area contributed by atoms with Crippen molar-refractivity contribution in [2.24, 2.45) is 7.05 Å². The van der Waals surface area contributed by atoms with Crippen LogP contribution in [-0.4, -0.2) is 14.8 Å². The second-order valence-corrected chi connectivity index (χ2v) is 4.40. The van der Waals surface area contributed by atoms with Crippen molar-refractivity contribution in [1.29, 1.82) is 0 Å². The minimum atomic E-state index is 0.512. The maximum absolute atomic E-state index is 5.74. The van der Waals surface area contributed by atoms with Crippen LogP contribution in [0.4, 0.5) is 0 Å². The smallest absolute Gasteiger partial charge is 0.142 e. The summed E-state index contributed by atoms with van der Waals surface area (Å²) >= 11 is 3.41. The molecule has 5 heteroatoms. The molecule has 90 valence electrons. The number of halogens is 1. The molecule has 0 saturated heterocycles. The van der Waals surface area contributed by atoms with Crippen LogP contribution in [0.15, 0.2) is 24.5 Å². The van der Waals surface area contributed by atoms with Crippen molar-refractivity contribution >= 4 is 15.9 Å². The zero-order valence-corrected chi connectivity index (χ0v) is 11.4. The van der Waals surface area contributed by atoms with E-state index in [1.54, 1.807) is 10.9 Å². The summed E-state index contributed by atoms with van der Waals surface area (Å²) in [6, 6.07) is 3.90. The van der Waals surface area contributed by atoms with Gasteiger partial charge in [0.25, 0.3) is 0 Å². The molecule has 0 atom stereocenters. The van der Waals surface area contributed by atoms with Gasteiger partial charge in [-0.1, -0.05) is 15.9 Å². The Labute approximate surface area is 109 Å². The lowest BCUT2D eigenvalue weighted by Gasteiger charge is -2.08. The zero-order valence-electron chi connectivity index (χ0n) is 9.85. The van der Waals surface area contributed by atoms with E-state index in [1.807, 2.05) is 32.3 Å². The Hall–Kier alpha value is -1.36. The van der Waals surface area contributed by atoms with Crippen LogP contribution in [0.5, 0.6) is 5.75 Å². The highest BCUT2D eigenvalue weighted by Crippen LogP contribution is 2.20. The summed E-state index contributed by atoms with van der Waals surface area (Å²) in [7, 11) is 1.89. The number of rotatable bonds is 4. The number of alkyl halides is 1. The van der Waals surface area contributed by atoms with E-state index in [0.717, 1.165) is 22.7 Å². The molecular formula is C12H14BrN3O. The van der Waals surface area contributed by atoms with Crippen LogP contribution in [0, 0.1) is 6.92 Å². The van der Waals surface area contributed by atoms with E-state index < -0.39 is 0 Å². The maximum Gasteiger partial charge on any atom is 0.142 e. The molecule has 0 bridgehead atoms. The van der Waals surface area contributed by atoms with Crippen molar-refractivity contribution in [2.45, 2.75) is 18.9 Å². The largest absolute Gasteiger partial charge is 0.487 e. The van der Waals surface area contributed by atoms with Crippen molar-refractivity contribution < 1.29 is 4.74 Å². The van der Waals surface area contributed by atoms with Gasteiger partial charge in [0.1, 0.15) is 12.4 Å². The van der Waals surface area contributed by atoms with E-state index in [4.69, 9.17) is 4.74 Å². The first-order chi connectivity index (χ1) is 8.19. The normalized spacial score (nSPS) is 10.5. The lowest BCUT2D eigenvalue weighted by molar-refractivity contribution is 0.302. The summed E-state index contributed by atoms with van der Waals surface area (Å²) in [6.45, 7) is 2.48. The van der Waals surface area contributed by atoms with E-state index in [9.17, 15) is 0 Å². The summed E-state index contributed by atoms with van der Waals surface area (Å²) in [6.07, 6.45) is 3.74. The van der Waals surface area contributed by atoms with Gasteiger partial charge in [0.2, 0.25) is 0 Å². The Balaban J connectivity index is 2.08. The van der Waals surface area contributed by atoms with Crippen molar-refractivity contribution in [3.63, 3.8) is 0 Å². The molecule has 17 heavy (non-hydrogen) atoms. The molecule has 0 radical (unpaired) electrons. The summed E-state index contributed by atoms with van der Waals surface area (Å²) < 4.78 is 7.50. The molecule has 0 unspecified atom stereocenters. The van der Waals surface area contributed by atoms with Crippen molar-refractivity contribution in [1.82, 2.24) is 14.8 Å². The van der Waals surface area contributed by atoms with Gasteiger partial charge < -0.3 is 4.74 Å². The molecule has 0 aromatic carbocycles. The number of ether oxygens (including phenoxy) is 1. The van der Waals surface area contributed by atoms with Crippen LogP contribution >= 0.6 is 15.9 Å². The highest BCUT2D eigenvalue weighted by Gasteiger charge is 2.05. The van der Waals surface area contributed by atoms with E-state index in [-0.39, 0.29) is 0 Å². The molecule has 2 aromatic rings. The number of hydrogen-bond donors (Lipinski definition) is 0. The number of hydrogen-bond acceptors (Lipinski definition) is 3. The minimum Gasteiger partial charge on any atom is -0.487 e. The molecule has 0 N–H and O–H groups in total. The van der Waals surface area contributed by atoms with Gasteiger partial charge in [-0.15, -0.1) is 0 Å². The van der Waals surface area contributed by atoms with E-state index in [1.165, 1.54) is 0 Å². The molecular weight excluding hydrogens is 282 g/mol. The van der Waals surface area contributed by atoms with Crippen LogP contribution < -0.4 is 4.74 Å². The molecule has 0 aliphatic rings. The number of pyridine rings is 1. The van der Waals surface area contributed by atoms with Gasteiger partial charge in [0.05, 0.1) is 11.9 Å². The van der Waals surface area contributed by atoms with Gasteiger partial charge in [-0.25, -0.2) is 0 Å². The summed E-state index contributed by atoms with van der Waals surface area (Å²) in [5, 5.41) is 4.79. The molecule has 2 rings (SSSR count).